The van der Waals surface area contributed by atoms with Crippen molar-refractivity contribution in [1.82, 2.24) is 9.97 Å². The third kappa shape index (κ3) is 6.27. The minimum Gasteiger partial charge on any atom is -0.481 e. The quantitative estimate of drug-likeness (QED) is 0.334. The van der Waals surface area contributed by atoms with Crippen LogP contribution in [-0.2, 0) is 16.0 Å². The zero-order valence-electron chi connectivity index (χ0n) is 22.7. The van der Waals surface area contributed by atoms with Crippen molar-refractivity contribution in [1.29, 1.82) is 0 Å². The first-order chi connectivity index (χ1) is 18.0. The van der Waals surface area contributed by atoms with Gasteiger partial charge in [0.25, 0.3) is 0 Å². The predicted octanol–water partition coefficient (Wildman–Crippen LogP) is 5.74. The summed E-state index contributed by atoms with van der Waals surface area (Å²) in [6.07, 6.45) is 3.38. The Kier molecular flexibility index (Phi) is 8.26. The van der Waals surface area contributed by atoms with Gasteiger partial charge in [-0.1, -0.05) is 72.5 Å². The molecule has 3 aromatic rings. The molecule has 7 nitrogen and oxygen atoms in total. The number of unbranched alkanes of at least 4 members (excludes halogenated alkanes) is 3. The lowest BCUT2D eigenvalue weighted by atomic mass is 9.83. The van der Waals surface area contributed by atoms with Crippen molar-refractivity contribution in [2.45, 2.75) is 71.8 Å². The number of nitrogens with zero attached hydrogens (tertiary/aromatic N) is 3. The molecule has 0 radical (unpaired) electrons. The van der Waals surface area contributed by atoms with E-state index in [0.717, 1.165) is 40.8 Å². The number of benzene rings is 2. The Bertz CT molecular complexity index is 1290. The third-order valence-electron chi connectivity index (χ3n) is 7.19. The lowest BCUT2D eigenvalue weighted by Gasteiger charge is -2.38. The summed E-state index contributed by atoms with van der Waals surface area (Å²) in [7, 11) is 0. The zero-order chi connectivity index (χ0) is 27.4. The highest BCUT2D eigenvalue weighted by molar-refractivity contribution is 5.98. The first-order valence-electron chi connectivity index (χ1n) is 13.3. The molecule has 0 saturated heterocycles. The third-order valence-corrected chi connectivity index (χ3v) is 7.19. The van der Waals surface area contributed by atoms with Crippen molar-refractivity contribution < 1.29 is 19.8 Å². The normalized spacial score (nSPS) is 15.4. The molecule has 0 saturated carbocycles. The summed E-state index contributed by atoms with van der Waals surface area (Å²) < 4.78 is 0. The van der Waals surface area contributed by atoms with Gasteiger partial charge in [0.15, 0.2) is 5.82 Å². The molecule has 2 heterocycles. The molecule has 7 heteroatoms. The molecule has 2 aromatic carbocycles. The fraction of sp³-hybridized carbons (Fsp3) is 0.419. The van der Waals surface area contributed by atoms with Crippen LogP contribution in [0.2, 0.25) is 0 Å². The van der Waals surface area contributed by atoms with E-state index in [2.05, 4.69) is 12.1 Å². The van der Waals surface area contributed by atoms with Gasteiger partial charge in [-0.25, -0.2) is 9.97 Å². The van der Waals surface area contributed by atoms with Crippen LogP contribution in [0.5, 0.6) is 0 Å². The summed E-state index contributed by atoms with van der Waals surface area (Å²) in [5, 5.41) is 19.8. The van der Waals surface area contributed by atoms with Crippen molar-refractivity contribution in [2.75, 3.05) is 11.4 Å². The standard InChI is InChI=1S/C31H37N3O4/c1-20-10-14-22(15-11-20)27-28(23-16-12-21(2)13-17-23)33-29-25(32-27)19-24(31(3,4)38)30(37)34(29)18-8-6-5-7-9-26(35)36/h10-17,24,38H,5-9,18-19H2,1-4H3,(H,35,36). The minimum absolute atomic E-state index is 0.150. The number of aromatic nitrogens is 2. The number of carboxylic acid groups (broad SMARTS) is 1. The Balaban J connectivity index is 1.76. The van der Waals surface area contributed by atoms with Gasteiger partial charge in [-0.15, -0.1) is 0 Å². The largest absolute Gasteiger partial charge is 0.481 e. The number of carboxylic acids is 1. The summed E-state index contributed by atoms with van der Waals surface area (Å²) in [5.74, 6) is -1.02. The van der Waals surface area contributed by atoms with Crippen molar-refractivity contribution in [3.63, 3.8) is 0 Å². The number of anilines is 1. The van der Waals surface area contributed by atoms with Crippen LogP contribution < -0.4 is 4.90 Å². The molecule has 1 aliphatic rings. The maximum absolute atomic E-state index is 13.6. The molecule has 0 fully saturated rings. The Morgan fingerprint density at radius 1 is 0.895 bits per heavy atom. The molecule has 200 valence electrons. The van der Waals surface area contributed by atoms with E-state index in [-0.39, 0.29) is 12.3 Å². The molecular formula is C31H37N3O4. The summed E-state index contributed by atoms with van der Waals surface area (Å²) in [5.41, 5.74) is 5.13. The second-order valence-corrected chi connectivity index (χ2v) is 10.9. The number of hydrogen-bond acceptors (Lipinski definition) is 5. The summed E-state index contributed by atoms with van der Waals surface area (Å²) in [6.45, 7) is 7.86. The van der Waals surface area contributed by atoms with Crippen LogP contribution in [-0.4, -0.2) is 44.2 Å². The maximum Gasteiger partial charge on any atom is 0.303 e. The van der Waals surface area contributed by atoms with E-state index >= 15 is 0 Å². The Morgan fingerprint density at radius 2 is 1.42 bits per heavy atom. The summed E-state index contributed by atoms with van der Waals surface area (Å²) >= 11 is 0. The van der Waals surface area contributed by atoms with E-state index in [1.807, 2.05) is 50.2 Å². The van der Waals surface area contributed by atoms with Crippen molar-refractivity contribution in [3.05, 3.63) is 65.4 Å². The molecule has 1 unspecified atom stereocenters. The molecule has 1 atom stereocenters. The zero-order valence-corrected chi connectivity index (χ0v) is 22.7. The monoisotopic (exact) mass is 515 g/mol. The molecule has 0 aliphatic carbocycles. The van der Waals surface area contributed by atoms with Crippen molar-refractivity contribution in [3.8, 4) is 22.5 Å². The van der Waals surface area contributed by atoms with Gasteiger partial charge in [0, 0.05) is 30.5 Å². The minimum atomic E-state index is -1.21. The van der Waals surface area contributed by atoms with E-state index in [1.54, 1.807) is 18.7 Å². The van der Waals surface area contributed by atoms with Crippen LogP contribution in [0.1, 0.15) is 62.8 Å². The van der Waals surface area contributed by atoms with Crippen LogP contribution in [0.3, 0.4) is 0 Å². The Morgan fingerprint density at radius 3 is 1.95 bits per heavy atom. The molecule has 38 heavy (non-hydrogen) atoms. The number of carbonyl (C=O) groups excluding carboxylic acids is 1. The van der Waals surface area contributed by atoms with E-state index < -0.39 is 17.5 Å². The maximum atomic E-state index is 13.6. The molecule has 0 bridgehead atoms. The summed E-state index contributed by atoms with van der Waals surface area (Å²) in [6, 6.07) is 16.3. The topological polar surface area (TPSA) is 104 Å². The number of aliphatic hydroxyl groups is 1. The van der Waals surface area contributed by atoms with E-state index in [4.69, 9.17) is 15.1 Å². The first-order valence-corrected chi connectivity index (χ1v) is 13.3. The van der Waals surface area contributed by atoms with Crippen LogP contribution in [0.25, 0.3) is 22.5 Å². The van der Waals surface area contributed by atoms with Gasteiger partial charge < -0.3 is 10.2 Å². The molecule has 1 amide bonds. The first kappa shape index (κ1) is 27.5. The Hall–Kier alpha value is -3.58. The summed E-state index contributed by atoms with van der Waals surface area (Å²) in [4.78, 5) is 36.3. The number of aliphatic carboxylic acids is 1. The van der Waals surface area contributed by atoms with Crippen molar-refractivity contribution >= 4 is 17.7 Å². The predicted molar refractivity (Wildman–Crippen MR) is 149 cm³/mol. The fourth-order valence-corrected chi connectivity index (χ4v) is 4.88. The van der Waals surface area contributed by atoms with Crippen LogP contribution in [0.15, 0.2) is 48.5 Å². The van der Waals surface area contributed by atoms with Crippen LogP contribution in [0.4, 0.5) is 5.82 Å². The average Bonchev–Trinajstić information content (AvgIpc) is 2.86. The number of hydrogen-bond donors (Lipinski definition) is 2. The lowest BCUT2D eigenvalue weighted by Crippen LogP contribution is -2.50. The van der Waals surface area contributed by atoms with Gasteiger partial charge in [-0.05, 0) is 40.5 Å². The molecule has 1 aromatic heterocycles. The second-order valence-electron chi connectivity index (χ2n) is 10.9. The highest BCUT2D eigenvalue weighted by Crippen LogP contribution is 2.38. The van der Waals surface area contributed by atoms with Gasteiger partial charge in [-0.3, -0.25) is 14.5 Å². The van der Waals surface area contributed by atoms with Gasteiger partial charge in [0.05, 0.1) is 28.6 Å². The number of amides is 1. The number of rotatable bonds is 10. The lowest BCUT2D eigenvalue weighted by molar-refractivity contribution is -0.137. The molecule has 1 aliphatic heterocycles. The number of aryl methyl sites for hydroxylation is 2. The van der Waals surface area contributed by atoms with E-state index in [9.17, 15) is 14.7 Å². The van der Waals surface area contributed by atoms with Gasteiger partial charge in [-0.2, -0.15) is 0 Å². The Labute approximate surface area is 224 Å². The smallest absolute Gasteiger partial charge is 0.303 e. The van der Waals surface area contributed by atoms with Gasteiger partial charge in [0.2, 0.25) is 5.91 Å². The molecule has 2 N–H and O–H groups in total. The van der Waals surface area contributed by atoms with Gasteiger partial charge in [0.1, 0.15) is 0 Å². The number of fused-ring (bicyclic) bond motifs is 1. The van der Waals surface area contributed by atoms with Crippen molar-refractivity contribution in [2.24, 2.45) is 5.92 Å². The van der Waals surface area contributed by atoms with Crippen LogP contribution in [0, 0.1) is 19.8 Å². The number of carbonyl (C=O) groups is 2. The fourth-order valence-electron chi connectivity index (χ4n) is 4.88. The second kappa shape index (κ2) is 11.4. The molecular weight excluding hydrogens is 478 g/mol. The SMILES string of the molecule is Cc1ccc(-c2nc3c(nc2-c2ccc(C)cc2)N(CCCCCCC(=O)O)C(=O)C(C(C)(C)O)C3)cc1. The van der Waals surface area contributed by atoms with E-state index in [0.29, 0.717) is 43.0 Å². The average molecular weight is 516 g/mol. The van der Waals surface area contributed by atoms with Crippen LogP contribution >= 0.6 is 0 Å². The molecule has 0 spiro atoms. The molecule has 4 rings (SSSR count). The highest BCUT2D eigenvalue weighted by atomic mass is 16.4. The van der Waals surface area contributed by atoms with E-state index in [1.165, 1.54) is 0 Å². The van der Waals surface area contributed by atoms with Gasteiger partial charge >= 0.3 is 5.97 Å². The highest BCUT2D eigenvalue weighted by Gasteiger charge is 2.42.